The molecule has 0 aromatic heterocycles. The van der Waals surface area contributed by atoms with E-state index in [0.29, 0.717) is 5.56 Å². The van der Waals surface area contributed by atoms with Crippen LogP contribution in [-0.4, -0.2) is 37.0 Å². The van der Waals surface area contributed by atoms with Crippen LogP contribution in [0.25, 0.3) is 0 Å². The Kier molecular flexibility index (Phi) is 3.60. The van der Waals surface area contributed by atoms with Crippen LogP contribution in [0, 0.1) is 11.2 Å². The van der Waals surface area contributed by atoms with Gasteiger partial charge >= 0.3 is 5.97 Å². The van der Waals surface area contributed by atoms with Crippen molar-refractivity contribution in [3.8, 4) is 0 Å². The maximum absolute atomic E-state index is 12.9. The van der Waals surface area contributed by atoms with Crippen LogP contribution in [-0.2, 0) is 14.6 Å². The summed E-state index contributed by atoms with van der Waals surface area (Å²) in [7, 11) is -3.55. The molecule has 0 unspecified atom stereocenters. The molecule has 110 valence electrons. The van der Waals surface area contributed by atoms with Crippen molar-refractivity contribution < 1.29 is 22.7 Å². The zero-order valence-corrected chi connectivity index (χ0v) is 11.7. The number of carbonyl (C=O) groups is 1. The minimum absolute atomic E-state index is 0.148. The highest BCUT2D eigenvalue weighted by atomic mass is 32.2. The Hall–Kier alpha value is -1.47. The topological polar surface area (TPSA) is 97.5 Å². The monoisotopic (exact) mass is 301 g/mol. The summed E-state index contributed by atoms with van der Waals surface area (Å²) < 4.78 is 37.1. The number of hydrogen-bond acceptors (Lipinski definition) is 4. The largest absolute Gasteiger partial charge is 0.481 e. The van der Waals surface area contributed by atoms with Crippen molar-refractivity contribution in [3.05, 3.63) is 35.6 Å². The molecular formula is C13H16FNO4S. The van der Waals surface area contributed by atoms with E-state index < -0.39 is 38.2 Å². The van der Waals surface area contributed by atoms with Gasteiger partial charge in [-0.1, -0.05) is 19.1 Å². The van der Waals surface area contributed by atoms with E-state index in [1.54, 1.807) is 0 Å². The van der Waals surface area contributed by atoms with Gasteiger partial charge in [-0.2, -0.15) is 0 Å². The van der Waals surface area contributed by atoms with E-state index in [4.69, 9.17) is 5.73 Å². The predicted octanol–water partition coefficient (Wildman–Crippen LogP) is 0.756. The number of hydrogen-bond donors (Lipinski definition) is 2. The Balaban J connectivity index is 2.50. The number of sulfone groups is 1. The quantitative estimate of drug-likeness (QED) is 0.836. The second-order valence-electron chi connectivity index (χ2n) is 4.95. The molecule has 1 fully saturated rings. The molecule has 1 aliphatic rings. The third-order valence-electron chi connectivity index (χ3n) is 4.01. The van der Waals surface area contributed by atoms with Crippen molar-refractivity contribution in [2.45, 2.75) is 18.1 Å². The zero-order chi connectivity index (χ0) is 15.1. The summed E-state index contributed by atoms with van der Waals surface area (Å²) in [5.74, 6) is -2.56. The molecule has 3 atom stereocenters. The van der Waals surface area contributed by atoms with E-state index in [-0.39, 0.29) is 12.3 Å². The number of carboxylic acid groups (broad SMARTS) is 1. The van der Waals surface area contributed by atoms with Gasteiger partial charge in [0.25, 0.3) is 0 Å². The van der Waals surface area contributed by atoms with E-state index >= 15 is 0 Å². The average molecular weight is 301 g/mol. The Morgan fingerprint density at radius 2 is 1.95 bits per heavy atom. The Morgan fingerprint density at radius 1 is 1.40 bits per heavy atom. The van der Waals surface area contributed by atoms with Crippen molar-refractivity contribution >= 4 is 15.8 Å². The highest BCUT2D eigenvalue weighted by molar-refractivity contribution is 7.92. The van der Waals surface area contributed by atoms with Crippen molar-refractivity contribution in [1.29, 1.82) is 0 Å². The minimum atomic E-state index is -3.55. The molecule has 0 amide bonds. The molecule has 3 N–H and O–H groups in total. The summed E-state index contributed by atoms with van der Waals surface area (Å²) >= 11 is 0. The lowest BCUT2D eigenvalue weighted by atomic mass is 9.99. The van der Waals surface area contributed by atoms with Gasteiger partial charge < -0.3 is 10.8 Å². The van der Waals surface area contributed by atoms with Crippen LogP contribution in [0.1, 0.15) is 18.4 Å². The first-order valence-corrected chi connectivity index (χ1v) is 7.93. The van der Waals surface area contributed by atoms with Crippen molar-refractivity contribution in [3.63, 3.8) is 0 Å². The summed E-state index contributed by atoms with van der Waals surface area (Å²) in [5.41, 5.74) is 4.53. The van der Waals surface area contributed by atoms with E-state index in [1.165, 1.54) is 31.2 Å². The van der Waals surface area contributed by atoms with Gasteiger partial charge in [0.15, 0.2) is 9.84 Å². The number of aliphatic carboxylic acids is 1. The van der Waals surface area contributed by atoms with Crippen LogP contribution in [0.2, 0.25) is 0 Å². The van der Waals surface area contributed by atoms with E-state index in [2.05, 4.69) is 0 Å². The van der Waals surface area contributed by atoms with Crippen LogP contribution in [0.5, 0.6) is 0 Å². The fourth-order valence-corrected chi connectivity index (χ4v) is 4.92. The lowest BCUT2D eigenvalue weighted by Crippen LogP contribution is -2.32. The van der Waals surface area contributed by atoms with Crippen LogP contribution < -0.4 is 5.73 Å². The first kappa shape index (κ1) is 14.9. The molecule has 20 heavy (non-hydrogen) atoms. The van der Waals surface area contributed by atoms with Crippen molar-refractivity contribution in [2.75, 3.05) is 12.3 Å². The number of carboxylic acids is 1. The number of nitrogens with two attached hydrogens (primary N) is 1. The average Bonchev–Trinajstić information content (AvgIpc) is 3.11. The lowest BCUT2D eigenvalue weighted by molar-refractivity contribution is -0.143. The number of benzene rings is 1. The van der Waals surface area contributed by atoms with Gasteiger partial charge in [0.05, 0.1) is 5.25 Å². The molecule has 1 aromatic rings. The SMILES string of the molecule is CCS(=O)(=O)[C@H]1[C@H](c2ccc(F)cc2)[C@@]1(CN)C(=O)O. The van der Waals surface area contributed by atoms with Gasteiger partial charge in [0, 0.05) is 18.2 Å². The molecule has 1 saturated carbocycles. The summed E-state index contributed by atoms with van der Waals surface area (Å²) in [6, 6.07) is 5.20. The molecule has 0 spiro atoms. The smallest absolute Gasteiger partial charge is 0.312 e. The molecule has 1 aromatic carbocycles. The maximum Gasteiger partial charge on any atom is 0.312 e. The molecule has 0 bridgehead atoms. The fraction of sp³-hybridized carbons (Fsp3) is 0.462. The van der Waals surface area contributed by atoms with Gasteiger partial charge in [-0.25, -0.2) is 12.8 Å². The highest BCUT2D eigenvalue weighted by Crippen LogP contribution is 2.62. The molecule has 0 saturated heterocycles. The Labute approximate surface area is 116 Å². The Morgan fingerprint density at radius 3 is 2.35 bits per heavy atom. The molecule has 1 aliphatic carbocycles. The van der Waals surface area contributed by atoms with Crippen LogP contribution >= 0.6 is 0 Å². The number of rotatable bonds is 5. The first-order chi connectivity index (χ1) is 9.31. The highest BCUT2D eigenvalue weighted by Gasteiger charge is 2.74. The lowest BCUT2D eigenvalue weighted by Gasteiger charge is -2.09. The third-order valence-corrected chi connectivity index (χ3v) is 6.28. The molecule has 0 radical (unpaired) electrons. The van der Waals surface area contributed by atoms with Gasteiger partial charge in [-0.3, -0.25) is 4.79 Å². The maximum atomic E-state index is 12.9. The van der Waals surface area contributed by atoms with Gasteiger partial charge in [0.2, 0.25) is 0 Å². The normalized spacial score (nSPS) is 29.1. The molecule has 0 heterocycles. The van der Waals surface area contributed by atoms with Crippen LogP contribution in [0.4, 0.5) is 4.39 Å². The standard InChI is InChI=1S/C13H16FNO4S/c1-2-20(18,19)11-10(13(11,7-15)12(16)17)8-3-5-9(14)6-4-8/h3-6,10-11H,2,7,15H2,1H3,(H,16,17)/t10-,11-,13+/m0/s1. The third kappa shape index (κ3) is 2.01. The Bertz CT molecular complexity index is 628. The summed E-state index contributed by atoms with van der Waals surface area (Å²) in [6.07, 6.45) is 0. The number of halogens is 1. The molecule has 7 heteroatoms. The zero-order valence-electron chi connectivity index (χ0n) is 10.9. The van der Waals surface area contributed by atoms with E-state index in [0.717, 1.165) is 0 Å². The molecule has 5 nitrogen and oxygen atoms in total. The van der Waals surface area contributed by atoms with Gasteiger partial charge in [0.1, 0.15) is 11.2 Å². The van der Waals surface area contributed by atoms with Crippen molar-refractivity contribution in [1.82, 2.24) is 0 Å². The molecule has 2 rings (SSSR count). The summed E-state index contributed by atoms with van der Waals surface area (Å²) in [4.78, 5) is 11.5. The van der Waals surface area contributed by atoms with Gasteiger partial charge in [-0.15, -0.1) is 0 Å². The predicted molar refractivity (Wildman–Crippen MR) is 71.5 cm³/mol. The van der Waals surface area contributed by atoms with E-state index in [1.807, 2.05) is 0 Å². The summed E-state index contributed by atoms with van der Waals surface area (Å²) in [6.45, 7) is 1.20. The first-order valence-electron chi connectivity index (χ1n) is 6.21. The molecular weight excluding hydrogens is 285 g/mol. The van der Waals surface area contributed by atoms with Gasteiger partial charge in [-0.05, 0) is 17.7 Å². The second kappa shape index (κ2) is 4.82. The van der Waals surface area contributed by atoms with Crippen LogP contribution in [0.3, 0.4) is 0 Å². The fourth-order valence-electron chi connectivity index (χ4n) is 2.84. The van der Waals surface area contributed by atoms with Crippen molar-refractivity contribution in [2.24, 2.45) is 11.1 Å². The minimum Gasteiger partial charge on any atom is -0.481 e. The van der Waals surface area contributed by atoms with Crippen LogP contribution in [0.15, 0.2) is 24.3 Å². The summed E-state index contributed by atoms with van der Waals surface area (Å²) in [5, 5.41) is 8.35. The second-order valence-corrected chi connectivity index (χ2v) is 7.36. The van der Waals surface area contributed by atoms with E-state index in [9.17, 15) is 22.7 Å². The molecule has 0 aliphatic heterocycles.